The normalized spacial score (nSPS) is 18.3. The van der Waals surface area contributed by atoms with E-state index in [1.807, 2.05) is 14.2 Å². The molecule has 4 aromatic rings. The van der Waals surface area contributed by atoms with Crippen LogP contribution in [0.1, 0.15) is 123 Å². The molecule has 0 bridgehead atoms. The van der Waals surface area contributed by atoms with Gasteiger partial charge >= 0.3 is 351 Å². The monoisotopic (exact) mass is 885 g/mol. The zero-order valence-corrected chi connectivity index (χ0v) is 41.6. The number of halogens is 2. The molecule has 299 valence electrons. The minimum absolute atomic E-state index is 0.0654. The number of ether oxygens (including phenoxy) is 2. The van der Waals surface area contributed by atoms with Gasteiger partial charge in [-0.05, 0) is 0 Å². The second-order valence-electron chi connectivity index (χ2n) is 20.2. The first kappa shape index (κ1) is 43.5. The van der Waals surface area contributed by atoms with Gasteiger partial charge in [0.1, 0.15) is 0 Å². The van der Waals surface area contributed by atoms with Crippen molar-refractivity contribution in [2.45, 2.75) is 124 Å². The van der Waals surface area contributed by atoms with Crippen LogP contribution < -0.4 is 0 Å². The zero-order chi connectivity index (χ0) is 41.2. The van der Waals surface area contributed by atoms with E-state index in [-0.39, 0.29) is 18.1 Å². The van der Waals surface area contributed by atoms with Crippen LogP contribution in [0.15, 0.2) is 96.1 Å². The molecule has 0 radical (unpaired) electrons. The van der Waals surface area contributed by atoms with Gasteiger partial charge in [-0.25, -0.2) is 0 Å². The summed E-state index contributed by atoms with van der Waals surface area (Å²) in [6, 6.07) is 32.0. The van der Waals surface area contributed by atoms with Gasteiger partial charge in [-0.1, -0.05) is 0 Å². The number of benzene rings is 4. The molecule has 2 nitrogen and oxygen atoms in total. The summed E-state index contributed by atoms with van der Waals surface area (Å²) in [4.78, 5) is 0. The van der Waals surface area contributed by atoms with Gasteiger partial charge in [0.25, 0.3) is 0 Å². The van der Waals surface area contributed by atoms with Crippen LogP contribution in [-0.2, 0) is 35.9 Å². The summed E-state index contributed by atoms with van der Waals surface area (Å²) in [5.41, 5.74) is 14.6. The van der Waals surface area contributed by atoms with Crippen LogP contribution in [0, 0.1) is 0 Å². The van der Waals surface area contributed by atoms with E-state index in [0.717, 1.165) is 12.8 Å². The summed E-state index contributed by atoms with van der Waals surface area (Å²) in [7, 11) is 21.5. The Morgan fingerprint density at radius 2 is 0.875 bits per heavy atom. The molecule has 6 rings (SSSR count). The van der Waals surface area contributed by atoms with Crippen LogP contribution in [0.4, 0.5) is 0 Å². The van der Waals surface area contributed by atoms with E-state index in [1.165, 1.54) is 66.8 Å². The summed E-state index contributed by atoms with van der Waals surface area (Å²) in [5.74, 6) is -1.82. The van der Waals surface area contributed by atoms with Gasteiger partial charge in [-0.3, -0.25) is 0 Å². The molecule has 4 aromatic carbocycles. The summed E-state index contributed by atoms with van der Waals surface area (Å²) in [6.07, 6.45) is 6.40. The van der Waals surface area contributed by atoms with Crippen molar-refractivity contribution >= 4 is 35.1 Å². The Morgan fingerprint density at radius 3 is 1.16 bits per heavy atom. The van der Waals surface area contributed by atoms with Crippen LogP contribution in [0.25, 0.3) is 34.4 Å². The fourth-order valence-corrected chi connectivity index (χ4v) is 40.6. The van der Waals surface area contributed by atoms with Crippen molar-refractivity contribution in [1.82, 2.24) is 0 Å². The van der Waals surface area contributed by atoms with Crippen LogP contribution in [0.3, 0.4) is 0 Å². The predicted molar refractivity (Wildman–Crippen MR) is 245 cm³/mol. The number of fused-ring (bicyclic) bond motifs is 2. The van der Waals surface area contributed by atoms with Crippen LogP contribution >= 0.6 is 17.0 Å². The molecule has 2 aliphatic rings. The van der Waals surface area contributed by atoms with E-state index in [9.17, 15) is 0 Å². The molecule has 0 saturated carbocycles. The minimum atomic E-state index is -5.16. The Bertz CT molecular complexity index is 2010. The molecule has 0 aliphatic heterocycles. The van der Waals surface area contributed by atoms with Crippen LogP contribution in [-0.4, -0.2) is 31.3 Å². The maximum atomic E-state index is 8.94. The van der Waals surface area contributed by atoms with Gasteiger partial charge in [0, 0.05) is 0 Å². The maximum absolute atomic E-state index is 8.94. The van der Waals surface area contributed by atoms with Crippen molar-refractivity contribution in [2.75, 3.05) is 14.2 Å². The Morgan fingerprint density at radius 1 is 0.536 bits per heavy atom. The Kier molecular flexibility index (Phi) is 11.8. The molecule has 0 amide bonds. The second kappa shape index (κ2) is 15.2. The molecule has 0 heterocycles. The molecule has 0 aromatic heterocycles. The molecule has 2 unspecified atom stereocenters. The average Bonchev–Trinajstić information content (AvgIpc) is 3.69. The summed E-state index contributed by atoms with van der Waals surface area (Å²) in [5, 5.41) is 0. The molecule has 6 heteroatoms. The first-order valence-electron chi connectivity index (χ1n) is 20.5. The second-order valence-corrected chi connectivity index (χ2v) is 62.7. The third kappa shape index (κ3) is 7.99. The van der Waals surface area contributed by atoms with Gasteiger partial charge in [0.15, 0.2) is 0 Å². The number of methoxy groups -OCH3 is 2. The molecule has 0 saturated heterocycles. The van der Waals surface area contributed by atoms with Gasteiger partial charge in [-0.15, -0.1) is 0 Å². The van der Waals surface area contributed by atoms with Gasteiger partial charge in [0.2, 0.25) is 0 Å². The Balaban J connectivity index is 1.61. The molecule has 2 aliphatic carbocycles. The third-order valence-corrected chi connectivity index (χ3v) is 64.8. The molecule has 0 spiro atoms. The van der Waals surface area contributed by atoms with E-state index in [0.29, 0.717) is 0 Å². The SMILES string of the molecule is COC(C)(C)CC1=Cc2c(-c3ccc(C(C)(C)C)cc3)cccc2[CH]1[Zr]([Cl])([Cl])([CH]1C(CC(C)(C)OC)=Cc2c(-c3ccc(C(C)(C)C)cc3)cccc21)[SiH](C)C. The van der Waals surface area contributed by atoms with E-state index >= 15 is 0 Å². The van der Waals surface area contributed by atoms with E-state index in [1.54, 1.807) is 0 Å². The fraction of sp³-hybridized carbons (Fsp3) is 0.440. The van der Waals surface area contributed by atoms with Crippen molar-refractivity contribution < 1.29 is 25.0 Å². The number of rotatable bonds is 11. The Labute approximate surface area is 347 Å². The molecular formula is C50H65Cl2O2SiZr. The predicted octanol–water partition coefficient (Wildman–Crippen LogP) is 14.8. The van der Waals surface area contributed by atoms with Gasteiger partial charge < -0.3 is 0 Å². The number of hydrogen-bond donors (Lipinski definition) is 0. The van der Waals surface area contributed by atoms with Crippen LogP contribution in [0.2, 0.25) is 13.1 Å². The molecule has 2 atom stereocenters. The third-order valence-electron chi connectivity index (χ3n) is 13.0. The molecular weight excluding hydrogens is 823 g/mol. The zero-order valence-electron chi connectivity index (χ0n) is 36.5. The fourth-order valence-electron chi connectivity index (χ4n) is 9.30. The summed E-state index contributed by atoms with van der Waals surface area (Å²) in [6.45, 7) is 27.2. The van der Waals surface area contributed by atoms with E-state index < -0.39 is 32.7 Å². The van der Waals surface area contributed by atoms with Crippen molar-refractivity contribution in [2.24, 2.45) is 0 Å². The van der Waals surface area contributed by atoms with Gasteiger partial charge in [0.05, 0.1) is 0 Å². The summed E-state index contributed by atoms with van der Waals surface area (Å²) >= 11 is -5.16. The molecule has 0 fully saturated rings. The van der Waals surface area contributed by atoms with Crippen molar-refractivity contribution in [3.8, 4) is 22.3 Å². The average molecular weight is 888 g/mol. The van der Waals surface area contributed by atoms with Crippen LogP contribution in [0.5, 0.6) is 0 Å². The quantitative estimate of drug-likeness (QED) is 0.140. The Hall–Kier alpha value is -2.04. The van der Waals surface area contributed by atoms with E-state index in [2.05, 4.69) is 179 Å². The van der Waals surface area contributed by atoms with Crippen molar-refractivity contribution in [3.63, 3.8) is 0 Å². The summed E-state index contributed by atoms with van der Waals surface area (Å²) < 4.78 is 12.2. The first-order valence-corrected chi connectivity index (χ1v) is 36.8. The van der Waals surface area contributed by atoms with Crippen molar-refractivity contribution in [1.29, 1.82) is 0 Å². The topological polar surface area (TPSA) is 18.5 Å². The first-order chi connectivity index (χ1) is 25.9. The standard InChI is InChI=1S/2C24H29O.C2H7Si.2ClH.Zr/c2*1-23(2,3)20-12-10-18(11-13-20)21-9-7-8-19-14-17(15-22(19)21)16-24(4,5)25-6;1-3-2;;;/h2*7-15H,16H2,1-6H3;3H,1-2H3;2*1H;/q;;;;;+2/p-2. The molecule has 0 N–H and O–H groups in total. The van der Waals surface area contributed by atoms with E-state index in [4.69, 9.17) is 26.5 Å². The van der Waals surface area contributed by atoms with Gasteiger partial charge in [-0.2, -0.15) is 0 Å². The van der Waals surface area contributed by atoms with Crippen molar-refractivity contribution in [3.05, 3.63) is 129 Å². The number of hydrogen-bond acceptors (Lipinski definition) is 2. The molecule has 56 heavy (non-hydrogen) atoms.